The first-order chi connectivity index (χ1) is 20.5. The topological polar surface area (TPSA) is 104 Å². The number of fused-ring (bicyclic) bond motifs is 1. The van der Waals surface area contributed by atoms with Crippen LogP contribution in [0.1, 0.15) is 53.9 Å². The van der Waals surface area contributed by atoms with E-state index < -0.39 is 17.8 Å². The SMILES string of the molecule is CCCCOc1ccc(C2C(C#N)=C(N)Oc3cc(OC(=O)C(c4ccccc4)c4ccccc4)ccc32)cc1OC. The van der Waals surface area contributed by atoms with Crippen molar-refractivity contribution >= 4 is 5.97 Å². The normalized spacial score (nSPS) is 14.0. The molecule has 1 heterocycles. The molecule has 0 saturated heterocycles. The smallest absolute Gasteiger partial charge is 0.323 e. The molecule has 1 aliphatic rings. The first kappa shape index (κ1) is 28.3. The zero-order chi connectivity index (χ0) is 29.5. The van der Waals surface area contributed by atoms with E-state index in [4.69, 9.17) is 24.7 Å². The van der Waals surface area contributed by atoms with Crippen molar-refractivity contribution in [1.82, 2.24) is 0 Å². The Morgan fingerprint density at radius 3 is 2.26 bits per heavy atom. The average Bonchev–Trinajstić information content (AvgIpc) is 3.01. The average molecular weight is 561 g/mol. The number of hydrogen-bond donors (Lipinski definition) is 1. The fourth-order valence-electron chi connectivity index (χ4n) is 5.08. The lowest BCUT2D eigenvalue weighted by molar-refractivity contribution is -0.135. The summed E-state index contributed by atoms with van der Waals surface area (Å²) in [5, 5.41) is 10.0. The largest absolute Gasteiger partial charge is 0.493 e. The molecule has 1 aliphatic heterocycles. The van der Waals surface area contributed by atoms with E-state index in [0.29, 0.717) is 35.2 Å². The third-order valence-corrected chi connectivity index (χ3v) is 7.19. The maximum Gasteiger partial charge on any atom is 0.323 e. The predicted molar refractivity (Wildman–Crippen MR) is 159 cm³/mol. The van der Waals surface area contributed by atoms with Crippen LogP contribution < -0.4 is 24.7 Å². The van der Waals surface area contributed by atoms with Crippen LogP contribution in [0.3, 0.4) is 0 Å². The monoisotopic (exact) mass is 560 g/mol. The van der Waals surface area contributed by atoms with Crippen LogP contribution in [0.4, 0.5) is 0 Å². The Hall–Kier alpha value is -5.22. The number of benzene rings is 4. The standard InChI is InChI=1S/C35H32N2O5/c1-3-4-19-40-29-18-15-25(20-31(29)39-2)33-27-17-16-26(21-30(27)42-34(37)28(33)22-36)41-35(38)32(23-11-7-5-8-12-23)24-13-9-6-10-14-24/h5-18,20-21,32-33H,3-4,19,37H2,1-2H3. The second-order valence-electron chi connectivity index (χ2n) is 9.91. The molecule has 4 aromatic rings. The third-order valence-electron chi connectivity index (χ3n) is 7.19. The number of allylic oxidation sites excluding steroid dienone is 1. The first-order valence-corrected chi connectivity index (χ1v) is 13.9. The summed E-state index contributed by atoms with van der Waals surface area (Å²) in [6.07, 6.45) is 1.95. The molecule has 0 fully saturated rings. The van der Waals surface area contributed by atoms with Gasteiger partial charge in [-0.15, -0.1) is 0 Å². The maximum atomic E-state index is 13.6. The van der Waals surface area contributed by atoms with Gasteiger partial charge in [-0.05, 0) is 41.3 Å². The Bertz CT molecular complexity index is 1590. The van der Waals surface area contributed by atoms with Gasteiger partial charge in [0, 0.05) is 11.6 Å². The molecule has 0 aromatic heterocycles. The van der Waals surface area contributed by atoms with E-state index in [2.05, 4.69) is 13.0 Å². The van der Waals surface area contributed by atoms with E-state index in [9.17, 15) is 10.1 Å². The molecule has 0 spiro atoms. The molecule has 1 atom stereocenters. The summed E-state index contributed by atoms with van der Waals surface area (Å²) >= 11 is 0. The van der Waals surface area contributed by atoms with Crippen LogP contribution in [0.15, 0.2) is 109 Å². The van der Waals surface area contributed by atoms with E-state index in [1.807, 2.05) is 78.9 Å². The van der Waals surface area contributed by atoms with Crippen molar-refractivity contribution in [3.63, 3.8) is 0 Å². The highest BCUT2D eigenvalue weighted by molar-refractivity contribution is 5.84. The Kier molecular flexibility index (Phi) is 8.74. The van der Waals surface area contributed by atoms with Crippen LogP contribution in [0.2, 0.25) is 0 Å². The molecular weight excluding hydrogens is 528 g/mol. The number of nitriles is 1. The van der Waals surface area contributed by atoms with Crippen molar-refractivity contribution in [1.29, 1.82) is 5.26 Å². The van der Waals surface area contributed by atoms with Crippen LogP contribution in [-0.2, 0) is 4.79 Å². The van der Waals surface area contributed by atoms with Crippen molar-refractivity contribution in [3.8, 4) is 29.1 Å². The third kappa shape index (κ3) is 5.93. The molecule has 0 bridgehead atoms. The number of nitrogens with zero attached hydrogens (tertiary/aromatic N) is 1. The van der Waals surface area contributed by atoms with Crippen LogP contribution in [0, 0.1) is 11.3 Å². The van der Waals surface area contributed by atoms with Gasteiger partial charge in [-0.2, -0.15) is 5.26 Å². The minimum Gasteiger partial charge on any atom is -0.493 e. The molecule has 7 heteroatoms. The molecule has 7 nitrogen and oxygen atoms in total. The summed E-state index contributed by atoms with van der Waals surface area (Å²) in [6.45, 7) is 2.68. The lowest BCUT2D eigenvalue weighted by Gasteiger charge is -2.27. The van der Waals surface area contributed by atoms with E-state index in [-0.39, 0.29) is 11.5 Å². The van der Waals surface area contributed by atoms with Gasteiger partial charge in [0.05, 0.1) is 19.6 Å². The summed E-state index contributed by atoms with van der Waals surface area (Å²) < 4.78 is 23.3. The lowest BCUT2D eigenvalue weighted by atomic mass is 9.83. The van der Waals surface area contributed by atoms with E-state index in [0.717, 1.165) is 29.5 Å². The molecule has 42 heavy (non-hydrogen) atoms. The molecule has 2 N–H and O–H groups in total. The van der Waals surface area contributed by atoms with E-state index in [1.165, 1.54) is 0 Å². The fraction of sp³-hybridized carbons (Fsp3) is 0.200. The molecular formula is C35H32N2O5. The van der Waals surface area contributed by atoms with Gasteiger partial charge in [-0.25, -0.2) is 0 Å². The van der Waals surface area contributed by atoms with Gasteiger partial charge >= 0.3 is 5.97 Å². The van der Waals surface area contributed by atoms with E-state index in [1.54, 1.807) is 25.3 Å². The highest BCUT2D eigenvalue weighted by Crippen LogP contribution is 2.45. The van der Waals surface area contributed by atoms with Gasteiger partial charge < -0.3 is 24.7 Å². The van der Waals surface area contributed by atoms with Gasteiger partial charge in [0.1, 0.15) is 29.1 Å². The minimum atomic E-state index is -0.613. The summed E-state index contributed by atoms with van der Waals surface area (Å²) in [6, 6.07) is 31.9. The molecule has 5 rings (SSSR count). The number of carbonyl (C=O) groups is 1. The summed E-state index contributed by atoms with van der Waals surface area (Å²) in [5.41, 5.74) is 9.67. The van der Waals surface area contributed by atoms with Gasteiger partial charge in [0.15, 0.2) is 11.5 Å². The van der Waals surface area contributed by atoms with Crippen molar-refractivity contribution in [2.24, 2.45) is 5.73 Å². The minimum absolute atomic E-state index is 0.00726. The summed E-state index contributed by atoms with van der Waals surface area (Å²) in [5.74, 6) is 0.342. The van der Waals surface area contributed by atoms with Crippen molar-refractivity contribution in [2.45, 2.75) is 31.6 Å². The quantitative estimate of drug-likeness (QED) is 0.129. The highest BCUT2D eigenvalue weighted by Gasteiger charge is 2.32. The highest BCUT2D eigenvalue weighted by atomic mass is 16.5. The van der Waals surface area contributed by atoms with Crippen molar-refractivity contribution in [3.05, 3.63) is 131 Å². The number of rotatable bonds is 10. The lowest BCUT2D eigenvalue weighted by Crippen LogP contribution is -2.22. The molecule has 0 radical (unpaired) electrons. The molecule has 0 aliphatic carbocycles. The second kappa shape index (κ2) is 13.0. The van der Waals surface area contributed by atoms with Gasteiger partial charge in [0.25, 0.3) is 0 Å². The van der Waals surface area contributed by atoms with Crippen molar-refractivity contribution < 1.29 is 23.7 Å². The molecule has 0 amide bonds. The number of nitrogens with two attached hydrogens (primary N) is 1. The maximum absolute atomic E-state index is 13.6. The van der Waals surface area contributed by atoms with E-state index >= 15 is 0 Å². The predicted octanol–water partition coefficient (Wildman–Crippen LogP) is 6.83. The Balaban J connectivity index is 1.46. The zero-order valence-electron chi connectivity index (χ0n) is 23.6. The first-order valence-electron chi connectivity index (χ1n) is 13.9. The number of ether oxygens (including phenoxy) is 4. The fourth-order valence-corrected chi connectivity index (χ4v) is 5.08. The van der Waals surface area contributed by atoms with Crippen molar-refractivity contribution in [2.75, 3.05) is 13.7 Å². The molecule has 212 valence electrons. The van der Waals surface area contributed by atoms with Crippen LogP contribution in [0.25, 0.3) is 0 Å². The summed E-state index contributed by atoms with van der Waals surface area (Å²) in [4.78, 5) is 13.6. The van der Waals surface area contributed by atoms with Gasteiger partial charge in [-0.3, -0.25) is 4.79 Å². The number of carbonyl (C=O) groups excluding carboxylic acids is 1. The van der Waals surface area contributed by atoms with Crippen LogP contribution >= 0.6 is 0 Å². The van der Waals surface area contributed by atoms with Gasteiger partial charge in [-0.1, -0.05) is 86.1 Å². The number of hydrogen-bond acceptors (Lipinski definition) is 7. The number of methoxy groups -OCH3 is 1. The molecule has 0 saturated carbocycles. The number of unbranched alkanes of at least 4 members (excludes halogenated alkanes) is 1. The second-order valence-corrected chi connectivity index (χ2v) is 9.91. The summed E-state index contributed by atoms with van der Waals surface area (Å²) in [7, 11) is 1.58. The van der Waals surface area contributed by atoms with Crippen LogP contribution in [0.5, 0.6) is 23.0 Å². The zero-order valence-corrected chi connectivity index (χ0v) is 23.6. The Labute approximate surface area is 245 Å². The van der Waals surface area contributed by atoms with Crippen LogP contribution in [-0.4, -0.2) is 19.7 Å². The number of esters is 1. The molecule has 1 unspecified atom stereocenters. The van der Waals surface area contributed by atoms with Gasteiger partial charge in [0.2, 0.25) is 5.88 Å². The Morgan fingerprint density at radius 2 is 1.64 bits per heavy atom. The Morgan fingerprint density at radius 1 is 0.952 bits per heavy atom. The molecule has 4 aromatic carbocycles.